The summed E-state index contributed by atoms with van der Waals surface area (Å²) in [4.78, 5) is 27.4. The van der Waals surface area contributed by atoms with Gasteiger partial charge in [-0.1, -0.05) is 41.6 Å². The fraction of sp³-hybridized carbons (Fsp3) is 0.261. The molecule has 0 unspecified atom stereocenters. The maximum atomic E-state index is 12.5. The van der Waals surface area contributed by atoms with Crippen LogP contribution in [0, 0.1) is 0 Å². The Hall–Kier alpha value is -3.36. The van der Waals surface area contributed by atoms with Gasteiger partial charge in [0, 0.05) is 35.6 Å². The Kier molecular flexibility index (Phi) is 6.16. The number of benzene rings is 2. The summed E-state index contributed by atoms with van der Waals surface area (Å²) in [5.41, 5.74) is 9.79. The third-order valence-electron chi connectivity index (χ3n) is 5.77. The van der Waals surface area contributed by atoms with Crippen molar-refractivity contribution in [3.63, 3.8) is 0 Å². The quantitative estimate of drug-likeness (QED) is 0.526. The number of carbonyl (C=O) groups is 1. The first-order chi connectivity index (χ1) is 15.1. The monoisotopic (exact) mass is 453 g/mol. The number of aliphatic imine (C=N–C) groups is 1. The number of H-pyrrole nitrogens is 1. The van der Waals surface area contributed by atoms with Crippen LogP contribution in [0.25, 0.3) is 10.9 Å². The molecule has 0 saturated carbocycles. The number of halogens is 1. The number of nitrogens with zero attached hydrogens (tertiary/aromatic N) is 3. The SMILES string of the molecule is Cl.NC1CCN(C(=O)CO/N=C2/C(c3c(O)[nH]c4ccccc34)=Nc3ccccc32)CC1. The van der Waals surface area contributed by atoms with Crippen LogP contribution < -0.4 is 5.73 Å². The number of rotatable bonds is 4. The number of hydrogen-bond donors (Lipinski definition) is 3. The molecule has 0 spiro atoms. The van der Waals surface area contributed by atoms with Crippen molar-refractivity contribution in [2.75, 3.05) is 19.7 Å². The summed E-state index contributed by atoms with van der Waals surface area (Å²) in [6, 6.07) is 15.3. The van der Waals surface area contributed by atoms with Crippen molar-refractivity contribution in [2.24, 2.45) is 15.9 Å². The maximum Gasteiger partial charge on any atom is 0.263 e. The van der Waals surface area contributed by atoms with Crippen LogP contribution in [-0.4, -0.2) is 58.1 Å². The molecule has 2 aliphatic heterocycles. The molecule has 1 amide bonds. The maximum absolute atomic E-state index is 12.5. The largest absolute Gasteiger partial charge is 0.494 e. The molecule has 3 heterocycles. The summed E-state index contributed by atoms with van der Waals surface area (Å²) in [6.45, 7) is 1.12. The number of aromatic hydroxyl groups is 1. The highest BCUT2D eigenvalue weighted by molar-refractivity contribution is 6.58. The molecular weight excluding hydrogens is 430 g/mol. The lowest BCUT2D eigenvalue weighted by Gasteiger charge is -2.29. The standard InChI is InChI=1S/C23H23N5O3.ClH/c24-14-9-11-28(12-10-14)19(29)13-31-27-21-16-6-2-4-8-18(16)25-22(21)20-15-5-1-3-7-17(15)26-23(20)30;/h1-8,14,26,30H,9-13,24H2;1H/b27-21+;. The normalized spacial score (nSPS) is 17.2. The van der Waals surface area contributed by atoms with Crippen molar-refractivity contribution < 1.29 is 14.7 Å². The molecule has 0 aliphatic carbocycles. The van der Waals surface area contributed by atoms with Gasteiger partial charge in [-0.3, -0.25) is 4.79 Å². The number of amides is 1. The number of hydrogen-bond acceptors (Lipinski definition) is 6. The molecule has 0 radical (unpaired) electrons. The Labute approximate surface area is 191 Å². The summed E-state index contributed by atoms with van der Waals surface area (Å²) < 4.78 is 0. The van der Waals surface area contributed by atoms with E-state index in [0.717, 1.165) is 35.0 Å². The minimum atomic E-state index is -0.159. The van der Waals surface area contributed by atoms with Gasteiger partial charge in [-0.25, -0.2) is 4.99 Å². The first kappa shape index (κ1) is 21.9. The highest BCUT2D eigenvalue weighted by atomic mass is 35.5. The predicted molar refractivity (Wildman–Crippen MR) is 126 cm³/mol. The number of nitrogens with two attached hydrogens (primary N) is 1. The van der Waals surface area contributed by atoms with Crippen LogP contribution in [0.2, 0.25) is 0 Å². The van der Waals surface area contributed by atoms with E-state index in [9.17, 15) is 9.90 Å². The van der Waals surface area contributed by atoms with E-state index >= 15 is 0 Å². The first-order valence-electron chi connectivity index (χ1n) is 10.3. The second kappa shape index (κ2) is 9.02. The Bertz CT molecular complexity index is 1210. The van der Waals surface area contributed by atoms with Gasteiger partial charge in [-0.15, -0.1) is 12.4 Å². The molecule has 2 aromatic carbocycles. The third kappa shape index (κ3) is 3.94. The van der Waals surface area contributed by atoms with Gasteiger partial charge in [0.15, 0.2) is 12.5 Å². The van der Waals surface area contributed by atoms with Crippen molar-refractivity contribution >= 4 is 46.3 Å². The Morgan fingerprint density at radius 1 is 1.19 bits per heavy atom. The molecule has 0 atom stereocenters. The minimum Gasteiger partial charge on any atom is -0.494 e. The van der Waals surface area contributed by atoms with Crippen molar-refractivity contribution in [1.29, 1.82) is 0 Å². The average molecular weight is 454 g/mol. The zero-order valence-electron chi connectivity index (χ0n) is 17.3. The van der Waals surface area contributed by atoms with Crippen molar-refractivity contribution in [3.8, 4) is 5.88 Å². The van der Waals surface area contributed by atoms with Crippen molar-refractivity contribution in [3.05, 3.63) is 59.7 Å². The number of nitrogens with one attached hydrogen (secondary N) is 1. The van der Waals surface area contributed by atoms with Crippen LogP contribution in [0.1, 0.15) is 24.0 Å². The molecule has 32 heavy (non-hydrogen) atoms. The van der Waals surface area contributed by atoms with Gasteiger partial charge in [0.1, 0.15) is 11.4 Å². The van der Waals surface area contributed by atoms with E-state index in [1.54, 1.807) is 4.90 Å². The second-order valence-electron chi connectivity index (χ2n) is 7.80. The van der Waals surface area contributed by atoms with E-state index in [1.807, 2.05) is 48.5 Å². The molecule has 1 aromatic heterocycles. The number of para-hydroxylation sites is 2. The fourth-order valence-electron chi connectivity index (χ4n) is 4.10. The van der Waals surface area contributed by atoms with Crippen LogP contribution in [0.4, 0.5) is 5.69 Å². The number of aromatic amines is 1. The Morgan fingerprint density at radius 3 is 2.72 bits per heavy atom. The molecule has 0 bridgehead atoms. The smallest absolute Gasteiger partial charge is 0.263 e. The van der Waals surface area contributed by atoms with Gasteiger partial charge in [0.05, 0.1) is 11.3 Å². The minimum absolute atomic E-state index is 0. The van der Waals surface area contributed by atoms with Crippen LogP contribution >= 0.6 is 12.4 Å². The van der Waals surface area contributed by atoms with E-state index in [4.69, 9.17) is 15.6 Å². The number of aromatic nitrogens is 1. The lowest BCUT2D eigenvalue weighted by molar-refractivity contribution is -0.137. The number of fused-ring (bicyclic) bond motifs is 2. The summed E-state index contributed by atoms with van der Waals surface area (Å²) in [5, 5.41) is 15.7. The fourth-order valence-corrected chi connectivity index (χ4v) is 4.10. The van der Waals surface area contributed by atoms with Gasteiger partial charge in [-0.2, -0.15) is 0 Å². The van der Waals surface area contributed by atoms with E-state index in [-0.39, 0.29) is 36.8 Å². The first-order valence-corrected chi connectivity index (χ1v) is 10.3. The average Bonchev–Trinajstić information content (AvgIpc) is 3.30. The van der Waals surface area contributed by atoms with Gasteiger partial charge in [-0.05, 0) is 25.0 Å². The molecule has 1 fully saturated rings. The predicted octanol–water partition coefficient (Wildman–Crippen LogP) is 3.10. The van der Waals surface area contributed by atoms with Gasteiger partial charge in [0.2, 0.25) is 0 Å². The number of piperidine rings is 1. The second-order valence-corrected chi connectivity index (χ2v) is 7.80. The molecule has 2 aliphatic rings. The van der Waals surface area contributed by atoms with Crippen LogP contribution in [-0.2, 0) is 9.63 Å². The molecular formula is C23H24ClN5O3. The van der Waals surface area contributed by atoms with Gasteiger partial charge >= 0.3 is 0 Å². The summed E-state index contributed by atoms with van der Waals surface area (Å²) in [5.74, 6) is -0.0999. The van der Waals surface area contributed by atoms with Crippen LogP contribution in [0.15, 0.2) is 58.7 Å². The van der Waals surface area contributed by atoms with Crippen LogP contribution in [0.5, 0.6) is 5.88 Å². The Balaban J connectivity index is 0.00000245. The molecule has 4 N–H and O–H groups in total. The zero-order chi connectivity index (χ0) is 21.4. The zero-order valence-corrected chi connectivity index (χ0v) is 18.1. The van der Waals surface area contributed by atoms with Crippen molar-refractivity contribution in [1.82, 2.24) is 9.88 Å². The summed E-state index contributed by atoms with van der Waals surface area (Å²) in [6.07, 6.45) is 1.59. The highest BCUT2D eigenvalue weighted by Gasteiger charge is 2.29. The molecule has 9 heteroatoms. The Morgan fingerprint density at radius 2 is 1.91 bits per heavy atom. The van der Waals surface area contributed by atoms with Gasteiger partial charge in [0.25, 0.3) is 5.91 Å². The summed E-state index contributed by atoms with van der Waals surface area (Å²) in [7, 11) is 0. The molecule has 5 rings (SSSR count). The van der Waals surface area contributed by atoms with Gasteiger partial charge < -0.3 is 25.6 Å². The molecule has 166 valence electrons. The number of likely N-dealkylation sites (tertiary alicyclic amines) is 1. The highest BCUT2D eigenvalue weighted by Crippen LogP contribution is 2.35. The number of carbonyl (C=O) groups excluding carboxylic acids is 1. The van der Waals surface area contributed by atoms with E-state index in [2.05, 4.69) is 10.1 Å². The lowest BCUT2D eigenvalue weighted by atomic mass is 10.0. The van der Waals surface area contributed by atoms with Crippen LogP contribution in [0.3, 0.4) is 0 Å². The van der Waals surface area contributed by atoms with E-state index in [0.29, 0.717) is 30.1 Å². The van der Waals surface area contributed by atoms with E-state index in [1.165, 1.54) is 0 Å². The number of oxime groups is 1. The lowest BCUT2D eigenvalue weighted by Crippen LogP contribution is -2.44. The van der Waals surface area contributed by atoms with Crippen molar-refractivity contribution in [2.45, 2.75) is 18.9 Å². The molecule has 1 saturated heterocycles. The topological polar surface area (TPSA) is 116 Å². The molecule has 3 aromatic rings. The third-order valence-corrected chi connectivity index (χ3v) is 5.77. The summed E-state index contributed by atoms with van der Waals surface area (Å²) >= 11 is 0. The molecule has 8 nitrogen and oxygen atoms in total. The van der Waals surface area contributed by atoms with E-state index < -0.39 is 0 Å².